The minimum atomic E-state index is 1.02. The highest BCUT2D eigenvalue weighted by atomic mass is 14.5. The molecule has 1 fully saturated rings. The van der Waals surface area contributed by atoms with E-state index in [1.807, 2.05) is 0 Å². The van der Waals surface area contributed by atoms with E-state index in [4.69, 9.17) is 0 Å². The van der Waals surface area contributed by atoms with Crippen LogP contribution in [0.25, 0.3) is 0 Å². The number of hydrogen-bond donors (Lipinski definition) is 0. The maximum Gasteiger partial charge on any atom is -0.0355 e. The standard InChI is InChI=1S/C14H28/c1-5-8-9-12(6-2)13(7-3)14-10-11(14)4/h11-14H,5-10H2,1-4H3. The summed E-state index contributed by atoms with van der Waals surface area (Å²) >= 11 is 0. The van der Waals surface area contributed by atoms with Crippen LogP contribution in [0.15, 0.2) is 0 Å². The summed E-state index contributed by atoms with van der Waals surface area (Å²) in [5, 5.41) is 0. The molecule has 1 aliphatic carbocycles. The Morgan fingerprint density at radius 3 is 2.14 bits per heavy atom. The molecule has 1 aliphatic rings. The van der Waals surface area contributed by atoms with E-state index < -0.39 is 0 Å². The first-order valence-corrected chi connectivity index (χ1v) is 6.74. The Labute approximate surface area is 90.5 Å². The normalized spacial score (nSPS) is 30.0. The van der Waals surface area contributed by atoms with Crippen LogP contribution in [0.3, 0.4) is 0 Å². The van der Waals surface area contributed by atoms with Crippen molar-refractivity contribution < 1.29 is 0 Å². The first-order chi connectivity index (χ1) is 6.74. The first kappa shape index (κ1) is 12.1. The van der Waals surface area contributed by atoms with E-state index in [0.717, 1.165) is 23.7 Å². The van der Waals surface area contributed by atoms with Crippen molar-refractivity contribution in [3.05, 3.63) is 0 Å². The predicted molar refractivity (Wildman–Crippen MR) is 64.4 cm³/mol. The van der Waals surface area contributed by atoms with Gasteiger partial charge in [0.15, 0.2) is 0 Å². The van der Waals surface area contributed by atoms with Crippen LogP contribution in [0.5, 0.6) is 0 Å². The summed E-state index contributed by atoms with van der Waals surface area (Å²) in [5.41, 5.74) is 0. The van der Waals surface area contributed by atoms with E-state index in [9.17, 15) is 0 Å². The van der Waals surface area contributed by atoms with Crippen molar-refractivity contribution in [2.75, 3.05) is 0 Å². The fraction of sp³-hybridized carbons (Fsp3) is 1.00. The Balaban J connectivity index is 2.38. The summed E-state index contributed by atoms with van der Waals surface area (Å²) in [4.78, 5) is 0. The second-order valence-electron chi connectivity index (χ2n) is 5.26. The lowest BCUT2D eigenvalue weighted by Crippen LogP contribution is -2.16. The van der Waals surface area contributed by atoms with Gasteiger partial charge >= 0.3 is 0 Å². The minimum Gasteiger partial charge on any atom is -0.0654 e. The predicted octanol–water partition coefficient (Wildman–Crippen LogP) is 4.89. The fourth-order valence-electron chi connectivity index (χ4n) is 3.12. The quantitative estimate of drug-likeness (QED) is 0.544. The van der Waals surface area contributed by atoms with E-state index in [0.29, 0.717) is 0 Å². The average Bonchev–Trinajstić information content (AvgIpc) is 2.89. The molecular weight excluding hydrogens is 168 g/mol. The van der Waals surface area contributed by atoms with Gasteiger partial charge in [-0.2, -0.15) is 0 Å². The third-order valence-electron chi connectivity index (χ3n) is 4.25. The van der Waals surface area contributed by atoms with Gasteiger partial charge in [0, 0.05) is 0 Å². The molecule has 0 spiro atoms. The first-order valence-electron chi connectivity index (χ1n) is 6.74. The molecule has 0 heterocycles. The highest BCUT2D eigenvalue weighted by Crippen LogP contribution is 2.49. The Morgan fingerprint density at radius 2 is 1.79 bits per heavy atom. The summed E-state index contributed by atoms with van der Waals surface area (Å²) in [7, 11) is 0. The van der Waals surface area contributed by atoms with E-state index >= 15 is 0 Å². The topological polar surface area (TPSA) is 0 Å². The Kier molecular flexibility index (Phi) is 4.98. The molecule has 0 radical (unpaired) electrons. The Morgan fingerprint density at radius 1 is 1.14 bits per heavy atom. The molecule has 0 saturated heterocycles. The zero-order chi connectivity index (χ0) is 10.6. The molecular formula is C14H28. The van der Waals surface area contributed by atoms with E-state index in [2.05, 4.69) is 27.7 Å². The van der Waals surface area contributed by atoms with Crippen LogP contribution < -0.4 is 0 Å². The summed E-state index contributed by atoms with van der Waals surface area (Å²) in [5.74, 6) is 4.19. The monoisotopic (exact) mass is 196 g/mol. The molecule has 14 heavy (non-hydrogen) atoms. The van der Waals surface area contributed by atoms with Crippen LogP contribution in [-0.2, 0) is 0 Å². The van der Waals surface area contributed by atoms with Crippen LogP contribution in [-0.4, -0.2) is 0 Å². The molecule has 4 unspecified atom stereocenters. The van der Waals surface area contributed by atoms with Crippen molar-refractivity contribution in [1.29, 1.82) is 0 Å². The van der Waals surface area contributed by atoms with E-state index in [1.165, 1.54) is 38.5 Å². The Hall–Kier alpha value is 0. The molecule has 0 aromatic rings. The third-order valence-corrected chi connectivity index (χ3v) is 4.25. The zero-order valence-corrected chi connectivity index (χ0v) is 10.6. The summed E-state index contributed by atoms with van der Waals surface area (Å²) in [6.45, 7) is 9.52. The molecule has 0 bridgehead atoms. The maximum absolute atomic E-state index is 2.43. The fourth-order valence-corrected chi connectivity index (χ4v) is 3.12. The smallest absolute Gasteiger partial charge is 0.0355 e. The number of hydrogen-bond acceptors (Lipinski definition) is 0. The van der Waals surface area contributed by atoms with Gasteiger partial charge in [-0.25, -0.2) is 0 Å². The van der Waals surface area contributed by atoms with Gasteiger partial charge in [0.2, 0.25) is 0 Å². The molecule has 84 valence electrons. The Bertz CT molecular complexity index is 150. The van der Waals surface area contributed by atoms with Gasteiger partial charge in [0.1, 0.15) is 0 Å². The lowest BCUT2D eigenvalue weighted by molar-refractivity contribution is 0.249. The molecule has 1 saturated carbocycles. The van der Waals surface area contributed by atoms with Crippen LogP contribution in [0, 0.1) is 23.7 Å². The van der Waals surface area contributed by atoms with Crippen LogP contribution in [0.4, 0.5) is 0 Å². The minimum absolute atomic E-state index is 1.02. The SMILES string of the molecule is CCCCC(CC)C(CC)C1CC1C. The van der Waals surface area contributed by atoms with Gasteiger partial charge in [-0.05, 0) is 30.1 Å². The van der Waals surface area contributed by atoms with Crippen molar-refractivity contribution in [2.45, 2.75) is 66.2 Å². The molecule has 0 aromatic heterocycles. The zero-order valence-electron chi connectivity index (χ0n) is 10.6. The number of rotatable bonds is 7. The molecule has 0 aliphatic heterocycles. The number of unbranched alkanes of at least 4 members (excludes halogenated alkanes) is 1. The van der Waals surface area contributed by atoms with Crippen molar-refractivity contribution in [3.63, 3.8) is 0 Å². The third kappa shape index (κ3) is 3.00. The lowest BCUT2D eigenvalue weighted by atomic mass is 9.80. The molecule has 0 nitrogen and oxygen atoms in total. The molecule has 0 heteroatoms. The second-order valence-corrected chi connectivity index (χ2v) is 5.26. The summed E-state index contributed by atoms with van der Waals surface area (Å²) < 4.78 is 0. The average molecular weight is 196 g/mol. The van der Waals surface area contributed by atoms with Crippen LogP contribution in [0.2, 0.25) is 0 Å². The highest BCUT2D eigenvalue weighted by molar-refractivity contribution is 4.90. The van der Waals surface area contributed by atoms with Crippen LogP contribution >= 0.6 is 0 Å². The maximum atomic E-state index is 2.43. The van der Waals surface area contributed by atoms with Gasteiger partial charge in [-0.15, -0.1) is 0 Å². The van der Waals surface area contributed by atoms with Crippen molar-refractivity contribution in [3.8, 4) is 0 Å². The van der Waals surface area contributed by atoms with Crippen LogP contribution in [0.1, 0.15) is 66.2 Å². The van der Waals surface area contributed by atoms with Crippen molar-refractivity contribution in [1.82, 2.24) is 0 Å². The van der Waals surface area contributed by atoms with Gasteiger partial charge in [-0.3, -0.25) is 0 Å². The molecule has 1 rings (SSSR count). The van der Waals surface area contributed by atoms with Gasteiger partial charge in [0.05, 0.1) is 0 Å². The second kappa shape index (κ2) is 5.78. The lowest BCUT2D eigenvalue weighted by Gasteiger charge is -2.25. The van der Waals surface area contributed by atoms with E-state index in [1.54, 1.807) is 0 Å². The van der Waals surface area contributed by atoms with Gasteiger partial charge in [-0.1, -0.05) is 59.8 Å². The molecule has 4 atom stereocenters. The molecule has 0 amide bonds. The van der Waals surface area contributed by atoms with Gasteiger partial charge in [0.25, 0.3) is 0 Å². The summed E-state index contributed by atoms with van der Waals surface area (Å²) in [6.07, 6.45) is 8.62. The molecule has 0 aromatic carbocycles. The van der Waals surface area contributed by atoms with E-state index in [-0.39, 0.29) is 0 Å². The largest absolute Gasteiger partial charge is 0.0654 e. The van der Waals surface area contributed by atoms with Gasteiger partial charge < -0.3 is 0 Å². The summed E-state index contributed by atoms with van der Waals surface area (Å²) in [6, 6.07) is 0. The molecule has 0 N–H and O–H groups in total. The van der Waals surface area contributed by atoms with Crippen molar-refractivity contribution in [2.24, 2.45) is 23.7 Å². The van der Waals surface area contributed by atoms with Crippen molar-refractivity contribution >= 4 is 0 Å². The highest BCUT2D eigenvalue weighted by Gasteiger charge is 2.40.